The van der Waals surface area contributed by atoms with E-state index in [9.17, 15) is 0 Å². The van der Waals surface area contributed by atoms with E-state index in [1.54, 1.807) is 6.20 Å². The number of halogens is 1. The zero-order valence-corrected chi connectivity index (χ0v) is 12.0. The van der Waals surface area contributed by atoms with E-state index in [0.29, 0.717) is 16.8 Å². The Labute approximate surface area is 118 Å². The number of hydrogen-bond donors (Lipinski definition) is 3. The Morgan fingerprint density at radius 3 is 2.84 bits per heavy atom. The number of aliphatic hydroxyl groups excluding tert-OH is 1. The highest BCUT2D eigenvalue weighted by Gasteiger charge is 2.41. The van der Waals surface area contributed by atoms with E-state index in [1.807, 2.05) is 0 Å². The summed E-state index contributed by atoms with van der Waals surface area (Å²) in [6.07, 6.45) is 5.78. The molecule has 0 unspecified atom stereocenters. The van der Waals surface area contributed by atoms with Gasteiger partial charge in [0.25, 0.3) is 0 Å². The summed E-state index contributed by atoms with van der Waals surface area (Å²) in [5, 5.41) is 16.0. The maximum atomic E-state index is 9.05. The van der Waals surface area contributed by atoms with Crippen LogP contribution in [-0.4, -0.2) is 34.8 Å². The number of hydrogen-bond acceptors (Lipinski definition) is 5. The largest absolute Gasteiger partial charge is 0.396 e. The van der Waals surface area contributed by atoms with Crippen molar-refractivity contribution in [3.8, 4) is 0 Å². The zero-order valence-electron chi connectivity index (χ0n) is 11.2. The van der Waals surface area contributed by atoms with Crippen LogP contribution in [0.1, 0.15) is 32.6 Å². The van der Waals surface area contributed by atoms with E-state index in [1.165, 1.54) is 0 Å². The third kappa shape index (κ3) is 3.94. The van der Waals surface area contributed by atoms with Crippen LogP contribution in [0.4, 0.5) is 11.8 Å². The van der Waals surface area contributed by atoms with Gasteiger partial charge in [0.2, 0.25) is 5.95 Å². The molecule has 0 spiro atoms. The van der Waals surface area contributed by atoms with Crippen molar-refractivity contribution < 1.29 is 5.11 Å². The average molecular weight is 285 g/mol. The van der Waals surface area contributed by atoms with Gasteiger partial charge in [-0.25, -0.2) is 4.98 Å². The highest BCUT2D eigenvalue weighted by atomic mass is 35.5. The molecule has 1 saturated carbocycles. The van der Waals surface area contributed by atoms with Gasteiger partial charge in [0.15, 0.2) is 5.82 Å². The van der Waals surface area contributed by atoms with Gasteiger partial charge >= 0.3 is 0 Å². The molecule has 1 aliphatic carbocycles. The summed E-state index contributed by atoms with van der Waals surface area (Å²) in [6, 6.07) is 0. The Hall–Kier alpha value is -1.07. The van der Waals surface area contributed by atoms with E-state index in [2.05, 4.69) is 27.5 Å². The summed E-state index contributed by atoms with van der Waals surface area (Å²) >= 11 is 6.09. The minimum Gasteiger partial charge on any atom is -0.396 e. The van der Waals surface area contributed by atoms with Crippen molar-refractivity contribution in [3.05, 3.63) is 11.2 Å². The van der Waals surface area contributed by atoms with Crippen molar-refractivity contribution >= 4 is 23.4 Å². The number of aromatic nitrogens is 2. The van der Waals surface area contributed by atoms with Gasteiger partial charge in [-0.05, 0) is 31.1 Å². The molecule has 1 aromatic rings. The van der Waals surface area contributed by atoms with Crippen LogP contribution in [-0.2, 0) is 0 Å². The molecule has 106 valence electrons. The second-order valence-electron chi connectivity index (χ2n) is 5.14. The topological polar surface area (TPSA) is 70.1 Å². The second-order valence-corrected chi connectivity index (χ2v) is 5.55. The summed E-state index contributed by atoms with van der Waals surface area (Å²) in [5.41, 5.74) is 0.236. The van der Waals surface area contributed by atoms with E-state index in [4.69, 9.17) is 16.7 Å². The van der Waals surface area contributed by atoms with Crippen molar-refractivity contribution in [1.82, 2.24) is 9.97 Å². The van der Waals surface area contributed by atoms with Crippen LogP contribution >= 0.6 is 11.6 Å². The molecule has 1 aliphatic rings. The fourth-order valence-corrected chi connectivity index (χ4v) is 2.17. The molecule has 1 heterocycles. The Kier molecular flexibility index (Phi) is 4.82. The van der Waals surface area contributed by atoms with Crippen LogP contribution in [0.2, 0.25) is 5.02 Å². The summed E-state index contributed by atoms with van der Waals surface area (Å²) in [4.78, 5) is 8.51. The molecule has 19 heavy (non-hydrogen) atoms. The highest BCUT2D eigenvalue weighted by Crippen LogP contribution is 2.48. The lowest BCUT2D eigenvalue weighted by Crippen LogP contribution is -2.18. The van der Waals surface area contributed by atoms with Gasteiger partial charge in [0, 0.05) is 19.7 Å². The summed E-state index contributed by atoms with van der Waals surface area (Å²) in [6.45, 7) is 3.98. The first-order valence-corrected chi connectivity index (χ1v) is 7.18. The van der Waals surface area contributed by atoms with E-state index in [0.717, 1.165) is 38.8 Å². The molecule has 0 aromatic carbocycles. The van der Waals surface area contributed by atoms with Crippen LogP contribution in [0.25, 0.3) is 0 Å². The van der Waals surface area contributed by atoms with Gasteiger partial charge < -0.3 is 15.7 Å². The standard InChI is InChI=1S/C13H21ClN4O/c1-2-6-15-12-16-8-10(14)11(18-12)17-9-13(3-4-13)5-7-19/h8,19H,2-7,9H2,1H3,(H2,15,16,17,18). The van der Waals surface area contributed by atoms with Crippen LogP contribution in [0.5, 0.6) is 0 Å². The maximum absolute atomic E-state index is 9.05. The number of anilines is 2. The maximum Gasteiger partial charge on any atom is 0.224 e. The van der Waals surface area contributed by atoms with Crippen molar-refractivity contribution in [1.29, 1.82) is 0 Å². The fraction of sp³-hybridized carbons (Fsp3) is 0.692. The first kappa shape index (κ1) is 14.3. The number of rotatable bonds is 8. The number of nitrogens with zero attached hydrogens (tertiary/aromatic N) is 2. The first-order chi connectivity index (χ1) is 9.19. The summed E-state index contributed by atoms with van der Waals surface area (Å²) in [7, 11) is 0. The quantitative estimate of drug-likeness (QED) is 0.684. The van der Waals surface area contributed by atoms with Gasteiger partial charge in [-0.3, -0.25) is 0 Å². The second kappa shape index (κ2) is 6.39. The smallest absolute Gasteiger partial charge is 0.224 e. The van der Waals surface area contributed by atoms with Crippen LogP contribution in [0, 0.1) is 5.41 Å². The molecule has 1 fully saturated rings. The highest BCUT2D eigenvalue weighted by molar-refractivity contribution is 6.32. The minimum atomic E-state index is 0.236. The zero-order chi connectivity index (χ0) is 13.7. The van der Waals surface area contributed by atoms with Crippen molar-refractivity contribution in [2.24, 2.45) is 5.41 Å². The molecule has 0 aliphatic heterocycles. The average Bonchev–Trinajstić information content (AvgIpc) is 3.17. The predicted octanol–water partition coefficient (Wildman–Crippen LogP) is 2.53. The first-order valence-electron chi connectivity index (χ1n) is 6.80. The molecule has 6 heteroatoms. The molecule has 0 saturated heterocycles. The van der Waals surface area contributed by atoms with E-state index < -0.39 is 0 Å². The lowest BCUT2D eigenvalue weighted by Gasteiger charge is -2.16. The Morgan fingerprint density at radius 1 is 1.42 bits per heavy atom. The fourth-order valence-electron chi connectivity index (χ4n) is 2.01. The lowest BCUT2D eigenvalue weighted by atomic mass is 10.0. The number of aliphatic hydroxyl groups is 1. The molecule has 2 rings (SSSR count). The lowest BCUT2D eigenvalue weighted by molar-refractivity contribution is 0.253. The monoisotopic (exact) mass is 284 g/mol. The van der Waals surface area contributed by atoms with E-state index >= 15 is 0 Å². The molecule has 0 amide bonds. The SMILES string of the molecule is CCCNc1ncc(Cl)c(NCC2(CCO)CC2)n1. The third-order valence-corrected chi connectivity index (χ3v) is 3.78. The molecule has 0 radical (unpaired) electrons. The van der Waals surface area contributed by atoms with Crippen LogP contribution in [0.3, 0.4) is 0 Å². The van der Waals surface area contributed by atoms with E-state index in [-0.39, 0.29) is 12.0 Å². The molecule has 0 bridgehead atoms. The normalized spacial score (nSPS) is 16.2. The summed E-state index contributed by atoms with van der Waals surface area (Å²) < 4.78 is 0. The minimum absolute atomic E-state index is 0.236. The van der Waals surface area contributed by atoms with Gasteiger partial charge in [-0.15, -0.1) is 0 Å². The molecule has 3 N–H and O–H groups in total. The van der Waals surface area contributed by atoms with Crippen molar-refractivity contribution in [2.75, 3.05) is 30.3 Å². The van der Waals surface area contributed by atoms with Crippen LogP contribution in [0.15, 0.2) is 6.20 Å². The van der Waals surface area contributed by atoms with Gasteiger partial charge in [-0.1, -0.05) is 18.5 Å². The molecular formula is C13H21ClN4O. The summed E-state index contributed by atoms with van der Waals surface area (Å²) in [5.74, 6) is 1.26. The third-order valence-electron chi connectivity index (χ3n) is 3.51. The molecular weight excluding hydrogens is 264 g/mol. The Bertz CT molecular complexity index is 423. The van der Waals surface area contributed by atoms with Gasteiger partial charge in [0.05, 0.1) is 6.20 Å². The molecule has 5 nitrogen and oxygen atoms in total. The van der Waals surface area contributed by atoms with Crippen molar-refractivity contribution in [3.63, 3.8) is 0 Å². The van der Waals surface area contributed by atoms with Gasteiger partial charge in [-0.2, -0.15) is 4.98 Å². The molecule has 1 aromatic heterocycles. The number of nitrogens with one attached hydrogen (secondary N) is 2. The Balaban J connectivity index is 1.95. The van der Waals surface area contributed by atoms with Crippen molar-refractivity contribution in [2.45, 2.75) is 32.6 Å². The molecule has 0 atom stereocenters. The Morgan fingerprint density at radius 2 is 2.21 bits per heavy atom. The van der Waals surface area contributed by atoms with Crippen LogP contribution < -0.4 is 10.6 Å². The predicted molar refractivity (Wildman–Crippen MR) is 77.7 cm³/mol. The van der Waals surface area contributed by atoms with Gasteiger partial charge in [0.1, 0.15) is 5.02 Å².